The number of nitrogens with one attached hydrogen (secondary N) is 1. The van der Waals surface area contributed by atoms with Crippen LogP contribution in [0.25, 0.3) is 0 Å². The van der Waals surface area contributed by atoms with Crippen molar-refractivity contribution in [2.75, 3.05) is 0 Å². The third kappa shape index (κ3) is 4.37. The smallest absolute Gasteiger partial charge is 0.481 e. The molecule has 0 aliphatic heterocycles. The number of carbonyl (C=O) groups excluding carboxylic acids is 1. The van der Waals surface area contributed by atoms with Crippen molar-refractivity contribution in [3.8, 4) is 5.75 Å². The minimum absolute atomic E-state index is 0.119. The second-order valence-corrected chi connectivity index (χ2v) is 4.70. The molecule has 1 fully saturated rings. The van der Waals surface area contributed by atoms with E-state index in [1.165, 1.54) is 12.1 Å². The van der Waals surface area contributed by atoms with Crippen LogP contribution in [0.4, 0.5) is 13.2 Å². The Bertz CT molecular complexity index is 541. The lowest BCUT2D eigenvalue weighted by Gasteiger charge is -2.09. The summed E-state index contributed by atoms with van der Waals surface area (Å²) in [5.41, 5.74) is 0.588. The van der Waals surface area contributed by atoms with E-state index >= 15 is 0 Å². The Kier molecular flexibility index (Phi) is 4.06. The van der Waals surface area contributed by atoms with Gasteiger partial charge in [0.05, 0.1) is 11.8 Å². The van der Waals surface area contributed by atoms with Crippen LogP contribution in [0, 0.1) is 11.8 Å². The van der Waals surface area contributed by atoms with Gasteiger partial charge >= 0.3 is 12.3 Å². The van der Waals surface area contributed by atoms with Crippen molar-refractivity contribution in [3.63, 3.8) is 0 Å². The van der Waals surface area contributed by atoms with Gasteiger partial charge in [-0.05, 0) is 24.1 Å². The summed E-state index contributed by atoms with van der Waals surface area (Å²) in [7, 11) is 0. The largest absolute Gasteiger partial charge is 0.573 e. The molecule has 1 aromatic rings. The van der Waals surface area contributed by atoms with Gasteiger partial charge in [0.15, 0.2) is 0 Å². The van der Waals surface area contributed by atoms with Crippen molar-refractivity contribution in [1.29, 1.82) is 0 Å². The Morgan fingerprint density at radius 3 is 2.33 bits per heavy atom. The Hall–Kier alpha value is -2.25. The number of alkyl halides is 3. The monoisotopic (exact) mass is 303 g/mol. The molecule has 21 heavy (non-hydrogen) atoms. The van der Waals surface area contributed by atoms with Crippen molar-refractivity contribution < 1.29 is 32.6 Å². The van der Waals surface area contributed by atoms with Crippen molar-refractivity contribution >= 4 is 11.9 Å². The molecule has 1 aliphatic carbocycles. The van der Waals surface area contributed by atoms with Crippen LogP contribution in [0.3, 0.4) is 0 Å². The number of hydrogen-bond acceptors (Lipinski definition) is 3. The molecular formula is C13H12F3NO4. The number of amides is 1. The van der Waals surface area contributed by atoms with Crippen LogP contribution in [-0.2, 0) is 16.1 Å². The van der Waals surface area contributed by atoms with Crippen molar-refractivity contribution in [1.82, 2.24) is 5.32 Å². The minimum Gasteiger partial charge on any atom is -0.481 e. The van der Waals surface area contributed by atoms with E-state index < -0.39 is 24.2 Å². The summed E-state index contributed by atoms with van der Waals surface area (Å²) in [6.07, 6.45) is -4.42. The molecule has 1 amide bonds. The van der Waals surface area contributed by atoms with Gasteiger partial charge in [-0.25, -0.2) is 0 Å². The van der Waals surface area contributed by atoms with Crippen molar-refractivity contribution in [3.05, 3.63) is 29.8 Å². The van der Waals surface area contributed by atoms with E-state index in [9.17, 15) is 22.8 Å². The molecule has 0 unspecified atom stereocenters. The molecule has 0 spiro atoms. The van der Waals surface area contributed by atoms with Crippen LogP contribution >= 0.6 is 0 Å². The summed E-state index contributed by atoms with van der Waals surface area (Å²) in [4.78, 5) is 22.2. The molecule has 5 nitrogen and oxygen atoms in total. The second-order valence-electron chi connectivity index (χ2n) is 4.70. The van der Waals surface area contributed by atoms with Gasteiger partial charge in [0, 0.05) is 6.54 Å². The lowest BCUT2D eigenvalue weighted by molar-refractivity contribution is -0.274. The zero-order valence-corrected chi connectivity index (χ0v) is 10.7. The number of rotatable bonds is 5. The number of carboxylic acid groups (broad SMARTS) is 1. The van der Waals surface area contributed by atoms with E-state index in [1.54, 1.807) is 0 Å². The highest BCUT2D eigenvalue weighted by Crippen LogP contribution is 2.38. The molecule has 1 aromatic carbocycles. The van der Waals surface area contributed by atoms with E-state index in [-0.39, 0.29) is 18.2 Å². The summed E-state index contributed by atoms with van der Waals surface area (Å²) in [5, 5.41) is 11.2. The fraction of sp³-hybridized carbons (Fsp3) is 0.385. The summed E-state index contributed by atoms with van der Waals surface area (Å²) < 4.78 is 39.6. The van der Waals surface area contributed by atoms with E-state index in [2.05, 4.69) is 10.1 Å². The van der Waals surface area contributed by atoms with Gasteiger partial charge in [0.2, 0.25) is 5.91 Å². The first-order valence-electron chi connectivity index (χ1n) is 6.11. The van der Waals surface area contributed by atoms with Gasteiger partial charge in [-0.3, -0.25) is 9.59 Å². The third-order valence-corrected chi connectivity index (χ3v) is 3.07. The van der Waals surface area contributed by atoms with Crippen LogP contribution in [-0.4, -0.2) is 23.3 Å². The lowest BCUT2D eigenvalue weighted by atomic mass is 10.2. The highest BCUT2D eigenvalue weighted by molar-refractivity contribution is 5.89. The van der Waals surface area contributed by atoms with E-state index in [4.69, 9.17) is 5.11 Å². The number of halogens is 3. The number of benzene rings is 1. The SMILES string of the molecule is O=C(O)[C@H]1C[C@H]1C(=O)NCc1ccc(OC(F)(F)F)cc1. The van der Waals surface area contributed by atoms with Crippen LogP contribution in [0.1, 0.15) is 12.0 Å². The average molecular weight is 303 g/mol. The Labute approximate surface area is 117 Å². The second kappa shape index (κ2) is 5.63. The van der Waals surface area contributed by atoms with Gasteiger partial charge in [0.1, 0.15) is 5.75 Å². The average Bonchev–Trinajstić information content (AvgIpc) is 3.16. The van der Waals surface area contributed by atoms with E-state index in [0.717, 1.165) is 12.1 Å². The molecule has 0 saturated heterocycles. The molecule has 2 atom stereocenters. The van der Waals surface area contributed by atoms with Gasteiger partial charge in [-0.2, -0.15) is 0 Å². The zero-order chi connectivity index (χ0) is 15.6. The maximum Gasteiger partial charge on any atom is 0.573 e. The van der Waals surface area contributed by atoms with Gasteiger partial charge in [0.25, 0.3) is 0 Å². The Morgan fingerprint density at radius 2 is 1.86 bits per heavy atom. The lowest BCUT2D eigenvalue weighted by Crippen LogP contribution is -2.25. The molecule has 0 heterocycles. The molecule has 114 valence electrons. The number of carboxylic acids is 1. The molecule has 0 radical (unpaired) electrons. The first kappa shape index (κ1) is 15.1. The van der Waals surface area contributed by atoms with Gasteiger partial charge in [-0.15, -0.1) is 13.2 Å². The molecule has 2 rings (SSSR count). The summed E-state index contributed by atoms with van der Waals surface area (Å²) in [5.74, 6) is -2.85. The molecule has 1 saturated carbocycles. The molecule has 0 bridgehead atoms. The Morgan fingerprint density at radius 1 is 1.24 bits per heavy atom. The van der Waals surface area contributed by atoms with E-state index in [0.29, 0.717) is 12.0 Å². The number of aliphatic carboxylic acids is 1. The fourth-order valence-corrected chi connectivity index (χ4v) is 1.89. The highest BCUT2D eigenvalue weighted by atomic mass is 19.4. The first-order chi connectivity index (χ1) is 9.76. The van der Waals surface area contributed by atoms with Crippen LogP contribution in [0.2, 0.25) is 0 Å². The fourth-order valence-electron chi connectivity index (χ4n) is 1.89. The first-order valence-corrected chi connectivity index (χ1v) is 6.11. The summed E-state index contributed by atoms with van der Waals surface area (Å²) >= 11 is 0. The minimum atomic E-state index is -4.74. The molecular weight excluding hydrogens is 291 g/mol. The summed E-state index contributed by atoms with van der Waals surface area (Å²) in [6.45, 7) is 0.119. The molecule has 8 heteroatoms. The topological polar surface area (TPSA) is 75.6 Å². The number of carbonyl (C=O) groups is 2. The van der Waals surface area contributed by atoms with Crippen molar-refractivity contribution in [2.45, 2.75) is 19.3 Å². The normalized spacial score (nSPS) is 20.7. The summed E-state index contributed by atoms with van der Waals surface area (Å²) in [6, 6.07) is 5.07. The van der Waals surface area contributed by atoms with Crippen LogP contribution in [0.5, 0.6) is 5.75 Å². The molecule has 2 N–H and O–H groups in total. The number of hydrogen-bond donors (Lipinski definition) is 2. The maximum atomic E-state index is 12.0. The maximum absolute atomic E-state index is 12.0. The zero-order valence-electron chi connectivity index (χ0n) is 10.7. The third-order valence-electron chi connectivity index (χ3n) is 3.07. The standard InChI is InChI=1S/C13H12F3NO4/c14-13(15,16)21-8-3-1-7(2-4-8)6-17-11(18)9-5-10(9)12(19)20/h1-4,9-10H,5-6H2,(H,17,18)(H,19,20)/t9-,10+/m1/s1. The van der Waals surface area contributed by atoms with Gasteiger partial charge in [-0.1, -0.05) is 12.1 Å². The number of ether oxygens (including phenoxy) is 1. The van der Waals surface area contributed by atoms with Crippen LogP contribution < -0.4 is 10.1 Å². The molecule has 1 aliphatic rings. The predicted octanol–water partition coefficient (Wildman–Crippen LogP) is 1.92. The van der Waals surface area contributed by atoms with Gasteiger partial charge < -0.3 is 15.2 Å². The molecule has 0 aromatic heterocycles. The van der Waals surface area contributed by atoms with E-state index in [1.807, 2.05) is 0 Å². The predicted molar refractivity (Wildman–Crippen MR) is 64.2 cm³/mol. The van der Waals surface area contributed by atoms with Crippen molar-refractivity contribution in [2.24, 2.45) is 11.8 Å². The Balaban J connectivity index is 1.82. The quantitative estimate of drug-likeness (QED) is 0.871. The highest BCUT2D eigenvalue weighted by Gasteiger charge is 2.48. The van der Waals surface area contributed by atoms with Crippen LogP contribution in [0.15, 0.2) is 24.3 Å².